The molecular weight excluding hydrogens is 282 g/mol. The van der Waals surface area contributed by atoms with Crippen LogP contribution in [0.25, 0.3) is 0 Å². The van der Waals surface area contributed by atoms with Crippen molar-refractivity contribution in [2.45, 2.75) is 13.8 Å². The number of benzene rings is 1. The molecule has 0 fully saturated rings. The summed E-state index contributed by atoms with van der Waals surface area (Å²) in [5.74, 6) is -1.11. The van der Waals surface area contributed by atoms with Gasteiger partial charge in [0.15, 0.2) is 0 Å². The van der Waals surface area contributed by atoms with Crippen molar-refractivity contribution < 1.29 is 14.4 Å². The average molecular weight is 303 g/mol. The van der Waals surface area contributed by atoms with E-state index in [1.54, 1.807) is 31.3 Å². The van der Waals surface area contributed by atoms with E-state index < -0.39 is 11.8 Å². The van der Waals surface area contributed by atoms with Crippen LogP contribution >= 0.6 is 0 Å². The maximum Gasteiger partial charge on any atom is 0.262 e. The van der Waals surface area contributed by atoms with Gasteiger partial charge in [-0.25, -0.2) is 0 Å². The van der Waals surface area contributed by atoms with Gasteiger partial charge in [0.25, 0.3) is 11.8 Å². The third-order valence-corrected chi connectivity index (χ3v) is 3.82. The zero-order valence-electron chi connectivity index (χ0n) is 13.1. The van der Waals surface area contributed by atoms with Gasteiger partial charge in [0.2, 0.25) is 5.91 Å². The number of likely N-dealkylation sites (N-methyl/N-ethyl adjacent to an activating group) is 1. The van der Waals surface area contributed by atoms with Gasteiger partial charge in [-0.3, -0.25) is 19.3 Å². The number of fused-ring (bicyclic) bond motifs is 1. The molecular formula is C16H21N3O3. The van der Waals surface area contributed by atoms with Gasteiger partial charge in [-0.05, 0) is 24.1 Å². The van der Waals surface area contributed by atoms with Crippen molar-refractivity contribution in [3.05, 3.63) is 35.4 Å². The topological polar surface area (TPSA) is 83.7 Å². The largest absolute Gasteiger partial charge is 0.344 e. The molecule has 0 aliphatic carbocycles. The molecule has 118 valence electrons. The zero-order chi connectivity index (χ0) is 16.5. The Labute approximate surface area is 129 Å². The number of imide groups is 1. The van der Waals surface area contributed by atoms with Crippen molar-refractivity contribution >= 4 is 17.7 Å². The van der Waals surface area contributed by atoms with Crippen LogP contribution in [0, 0.1) is 5.41 Å². The highest BCUT2D eigenvalue weighted by Gasteiger charge is 2.37. The number of nitrogens with two attached hydrogens (primary N) is 1. The van der Waals surface area contributed by atoms with Crippen LogP contribution in [0.2, 0.25) is 0 Å². The molecule has 1 aromatic rings. The normalized spacial score (nSPS) is 14.3. The molecule has 0 spiro atoms. The molecule has 0 saturated carbocycles. The van der Waals surface area contributed by atoms with Crippen molar-refractivity contribution in [1.29, 1.82) is 0 Å². The molecule has 1 aliphatic rings. The summed E-state index contributed by atoms with van der Waals surface area (Å²) in [5.41, 5.74) is 6.15. The minimum atomic E-state index is -0.416. The van der Waals surface area contributed by atoms with Gasteiger partial charge < -0.3 is 10.6 Å². The highest BCUT2D eigenvalue weighted by molar-refractivity contribution is 6.22. The summed E-state index contributed by atoms with van der Waals surface area (Å²) in [6, 6.07) is 6.60. The van der Waals surface area contributed by atoms with E-state index in [1.165, 1.54) is 4.90 Å². The van der Waals surface area contributed by atoms with Crippen molar-refractivity contribution in [2.24, 2.45) is 11.1 Å². The third kappa shape index (κ3) is 3.01. The highest BCUT2D eigenvalue weighted by Crippen LogP contribution is 2.22. The fourth-order valence-corrected chi connectivity index (χ4v) is 2.43. The molecule has 0 saturated heterocycles. The first kappa shape index (κ1) is 16.2. The Bertz CT molecular complexity index is 590. The number of carbonyl (C=O) groups is 3. The van der Waals surface area contributed by atoms with E-state index >= 15 is 0 Å². The van der Waals surface area contributed by atoms with E-state index in [2.05, 4.69) is 0 Å². The standard InChI is InChI=1S/C16H21N3O3/c1-16(2,9-17)10-18(3)13(20)8-19-14(21)11-6-4-5-7-12(11)15(19)22/h4-7H,8-10,17H2,1-3H3. The van der Waals surface area contributed by atoms with E-state index in [9.17, 15) is 14.4 Å². The summed E-state index contributed by atoms with van der Waals surface area (Å²) in [4.78, 5) is 39.2. The lowest BCUT2D eigenvalue weighted by Gasteiger charge is -2.29. The lowest BCUT2D eigenvalue weighted by atomic mass is 9.93. The van der Waals surface area contributed by atoms with Gasteiger partial charge in [-0.1, -0.05) is 26.0 Å². The van der Waals surface area contributed by atoms with Crippen molar-refractivity contribution in [3.8, 4) is 0 Å². The quantitative estimate of drug-likeness (QED) is 0.813. The minimum Gasteiger partial charge on any atom is -0.344 e. The van der Waals surface area contributed by atoms with Crippen LogP contribution < -0.4 is 5.73 Å². The summed E-state index contributed by atoms with van der Waals surface area (Å²) in [6.45, 7) is 4.57. The summed E-state index contributed by atoms with van der Waals surface area (Å²) in [6.07, 6.45) is 0. The van der Waals surface area contributed by atoms with Crippen molar-refractivity contribution in [2.75, 3.05) is 26.7 Å². The van der Waals surface area contributed by atoms with Gasteiger partial charge in [0, 0.05) is 13.6 Å². The summed E-state index contributed by atoms with van der Waals surface area (Å²) in [5, 5.41) is 0. The Morgan fingerprint density at radius 2 is 1.68 bits per heavy atom. The molecule has 2 N–H and O–H groups in total. The minimum absolute atomic E-state index is 0.216. The van der Waals surface area contributed by atoms with Gasteiger partial charge in [0.05, 0.1) is 11.1 Å². The summed E-state index contributed by atoms with van der Waals surface area (Å²) in [7, 11) is 1.65. The molecule has 0 unspecified atom stereocenters. The Kier molecular flexibility index (Phi) is 4.32. The van der Waals surface area contributed by atoms with E-state index in [1.807, 2.05) is 13.8 Å². The first-order valence-corrected chi connectivity index (χ1v) is 7.16. The van der Waals surface area contributed by atoms with Gasteiger partial charge in [-0.2, -0.15) is 0 Å². The maximum absolute atomic E-state index is 12.3. The van der Waals surface area contributed by atoms with Crippen LogP contribution in [0.4, 0.5) is 0 Å². The Balaban J connectivity index is 2.08. The zero-order valence-corrected chi connectivity index (χ0v) is 13.1. The van der Waals surface area contributed by atoms with Crippen LogP contribution in [0.5, 0.6) is 0 Å². The maximum atomic E-state index is 12.3. The third-order valence-electron chi connectivity index (χ3n) is 3.82. The second kappa shape index (κ2) is 5.88. The molecule has 3 amide bonds. The Hall–Kier alpha value is -2.21. The van der Waals surface area contributed by atoms with Crippen LogP contribution in [0.3, 0.4) is 0 Å². The number of carbonyl (C=O) groups excluding carboxylic acids is 3. The Morgan fingerprint density at radius 3 is 2.14 bits per heavy atom. The molecule has 22 heavy (non-hydrogen) atoms. The first-order valence-electron chi connectivity index (χ1n) is 7.16. The number of amides is 3. The lowest BCUT2D eigenvalue weighted by Crippen LogP contribution is -2.45. The van der Waals surface area contributed by atoms with E-state index in [-0.39, 0.29) is 17.9 Å². The molecule has 6 heteroatoms. The molecule has 1 heterocycles. The number of rotatable bonds is 5. The molecule has 0 bridgehead atoms. The SMILES string of the molecule is CN(CC(C)(C)CN)C(=O)CN1C(=O)c2ccccc2C1=O. The first-order chi connectivity index (χ1) is 10.3. The summed E-state index contributed by atoms with van der Waals surface area (Å²) < 4.78 is 0. The number of hydrogen-bond donors (Lipinski definition) is 1. The Morgan fingerprint density at radius 1 is 1.18 bits per heavy atom. The molecule has 2 rings (SSSR count). The molecule has 0 aromatic heterocycles. The summed E-state index contributed by atoms with van der Waals surface area (Å²) >= 11 is 0. The number of nitrogens with zero attached hydrogens (tertiary/aromatic N) is 2. The second-order valence-corrected chi connectivity index (χ2v) is 6.36. The monoisotopic (exact) mass is 303 g/mol. The number of hydrogen-bond acceptors (Lipinski definition) is 4. The molecule has 1 aromatic carbocycles. The fraction of sp³-hybridized carbons (Fsp3) is 0.438. The smallest absolute Gasteiger partial charge is 0.262 e. The fourth-order valence-electron chi connectivity index (χ4n) is 2.43. The van der Waals surface area contributed by atoms with Crippen molar-refractivity contribution in [3.63, 3.8) is 0 Å². The molecule has 1 aliphatic heterocycles. The van der Waals surface area contributed by atoms with Crippen LogP contribution in [0.15, 0.2) is 24.3 Å². The van der Waals surface area contributed by atoms with Gasteiger partial charge in [0.1, 0.15) is 6.54 Å². The second-order valence-electron chi connectivity index (χ2n) is 6.36. The average Bonchev–Trinajstić information content (AvgIpc) is 2.72. The molecule has 0 radical (unpaired) electrons. The predicted molar refractivity (Wildman–Crippen MR) is 82.3 cm³/mol. The molecule has 6 nitrogen and oxygen atoms in total. The van der Waals surface area contributed by atoms with Crippen LogP contribution in [-0.2, 0) is 4.79 Å². The lowest BCUT2D eigenvalue weighted by molar-refractivity contribution is -0.131. The van der Waals surface area contributed by atoms with E-state index in [0.717, 1.165) is 4.90 Å². The van der Waals surface area contributed by atoms with E-state index in [4.69, 9.17) is 5.73 Å². The predicted octanol–water partition coefficient (Wildman–Crippen LogP) is 0.726. The van der Waals surface area contributed by atoms with Crippen LogP contribution in [-0.4, -0.2) is 54.2 Å². The highest BCUT2D eigenvalue weighted by atomic mass is 16.2. The van der Waals surface area contributed by atoms with Gasteiger partial charge >= 0.3 is 0 Å². The molecule has 0 atom stereocenters. The van der Waals surface area contributed by atoms with Gasteiger partial charge in [-0.15, -0.1) is 0 Å². The van der Waals surface area contributed by atoms with Crippen LogP contribution in [0.1, 0.15) is 34.6 Å². The van der Waals surface area contributed by atoms with E-state index in [0.29, 0.717) is 24.2 Å². The van der Waals surface area contributed by atoms with Crippen molar-refractivity contribution in [1.82, 2.24) is 9.80 Å².